The maximum absolute atomic E-state index is 2.84. The summed E-state index contributed by atoms with van der Waals surface area (Å²) in [6.07, 6.45) is 34.2. The van der Waals surface area contributed by atoms with Crippen LogP contribution >= 0.6 is 0 Å². The molecule has 358 valence electrons. The van der Waals surface area contributed by atoms with E-state index in [0.29, 0.717) is 0 Å². The SMILES string of the molecule is CCCCC1C(C(C)C(C)C)CCC2C1CCC1C3CCCC(CCC4CC(CCC5CC(CC)C(C)C(C)C5C)C5CC6C(CC)C(C)C(C)C(C)C6CC5C4C)C3CCC12. The lowest BCUT2D eigenvalue weighted by Gasteiger charge is -2.60. The van der Waals surface area contributed by atoms with Crippen LogP contribution in [-0.2, 0) is 0 Å². The third-order valence-corrected chi connectivity index (χ3v) is 25.6. The molecule has 0 amide bonds. The second-order valence-corrected chi connectivity index (χ2v) is 27.3. The van der Waals surface area contributed by atoms with Crippen LogP contribution in [0.4, 0.5) is 0 Å². The van der Waals surface area contributed by atoms with Gasteiger partial charge >= 0.3 is 0 Å². The van der Waals surface area contributed by atoms with E-state index in [0.717, 1.165) is 160 Å². The predicted molar refractivity (Wildman–Crippen MR) is 270 cm³/mol. The Morgan fingerprint density at radius 3 is 1.56 bits per heavy atom. The molecule has 8 saturated carbocycles. The van der Waals surface area contributed by atoms with Gasteiger partial charge in [-0.3, -0.25) is 0 Å². The van der Waals surface area contributed by atoms with Gasteiger partial charge in [-0.15, -0.1) is 0 Å². The average Bonchev–Trinajstić information content (AvgIpc) is 3.28. The van der Waals surface area contributed by atoms with Crippen LogP contribution in [0.3, 0.4) is 0 Å². The summed E-state index contributed by atoms with van der Waals surface area (Å²) in [5.74, 6) is 26.7. The fourth-order valence-corrected chi connectivity index (χ4v) is 21.1. The van der Waals surface area contributed by atoms with Gasteiger partial charge < -0.3 is 0 Å². The topological polar surface area (TPSA) is 0 Å². The van der Waals surface area contributed by atoms with Crippen LogP contribution in [0, 0.1) is 160 Å². The van der Waals surface area contributed by atoms with E-state index in [1.807, 2.05) is 0 Å². The van der Waals surface area contributed by atoms with Crippen LogP contribution in [-0.4, -0.2) is 0 Å². The first-order chi connectivity index (χ1) is 29.8. The maximum atomic E-state index is 2.84. The fourth-order valence-electron chi connectivity index (χ4n) is 21.1. The number of rotatable bonds is 13. The van der Waals surface area contributed by atoms with Crippen LogP contribution in [0.2, 0.25) is 0 Å². The Kier molecular flexibility index (Phi) is 16.2. The van der Waals surface area contributed by atoms with Crippen molar-refractivity contribution in [2.24, 2.45) is 160 Å². The highest BCUT2D eigenvalue weighted by Crippen LogP contribution is 2.64. The first kappa shape index (κ1) is 48.5. The van der Waals surface area contributed by atoms with Gasteiger partial charge in [0.25, 0.3) is 0 Å². The van der Waals surface area contributed by atoms with Gasteiger partial charge in [0.2, 0.25) is 0 Å². The summed E-state index contributed by atoms with van der Waals surface area (Å²) in [7, 11) is 0. The van der Waals surface area contributed by atoms with Crippen molar-refractivity contribution in [2.75, 3.05) is 0 Å². The molecule has 0 aromatic carbocycles. The monoisotopic (exact) mass is 855 g/mol. The van der Waals surface area contributed by atoms with E-state index >= 15 is 0 Å². The van der Waals surface area contributed by atoms with Crippen LogP contribution < -0.4 is 0 Å². The van der Waals surface area contributed by atoms with Crippen molar-refractivity contribution < 1.29 is 0 Å². The van der Waals surface area contributed by atoms with Crippen LogP contribution in [0.5, 0.6) is 0 Å². The Morgan fingerprint density at radius 1 is 0.355 bits per heavy atom. The molecule has 0 aliphatic heterocycles. The summed E-state index contributed by atoms with van der Waals surface area (Å²) in [4.78, 5) is 0. The van der Waals surface area contributed by atoms with Gasteiger partial charge in [0.1, 0.15) is 0 Å². The molecule has 0 heteroatoms. The molecule has 0 bridgehead atoms. The van der Waals surface area contributed by atoms with Crippen molar-refractivity contribution in [3.63, 3.8) is 0 Å². The smallest absolute Gasteiger partial charge is 0.0349 e. The van der Waals surface area contributed by atoms with Crippen LogP contribution in [0.15, 0.2) is 0 Å². The molecule has 8 rings (SSSR count). The van der Waals surface area contributed by atoms with E-state index in [-0.39, 0.29) is 0 Å². The highest BCUT2D eigenvalue weighted by Gasteiger charge is 2.56. The molecule has 26 unspecified atom stereocenters. The van der Waals surface area contributed by atoms with E-state index in [9.17, 15) is 0 Å². The lowest BCUT2D eigenvalue weighted by atomic mass is 9.46. The van der Waals surface area contributed by atoms with Crippen molar-refractivity contribution in [1.29, 1.82) is 0 Å². The van der Waals surface area contributed by atoms with Crippen molar-refractivity contribution in [3.05, 3.63) is 0 Å². The Hall–Kier alpha value is 0. The van der Waals surface area contributed by atoms with Crippen molar-refractivity contribution in [1.82, 2.24) is 0 Å². The zero-order valence-corrected chi connectivity index (χ0v) is 44.1. The lowest BCUT2D eigenvalue weighted by molar-refractivity contribution is -0.106. The standard InChI is InChI=1S/C62H110/c1-14-17-20-53-51(37(6)36(4)5)26-28-57-55(53)30-31-56-54-21-18-19-46(52(54)27-29-58(56)57)22-23-48-33-49(25-24-47-32-45(15-2)40(9)38(7)41(47)10)61-35-62-50(16-3)42(11)39(8)43(12)59(62)34-60(61)44(48)13/h36-62H,14-35H2,1-13H3. The highest BCUT2D eigenvalue weighted by molar-refractivity contribution is 5.05. The van der Waals surface area contributed by atoms with Gasteiger partial charge in [-0.2, -0.15) is 0 Å². The molecular weight excluding hydrogens is 745 g/mol. The molecular formula is C62H110. The summed E-state index contributed by atoms with van der Waals surface area (Å²) in [5.41, 5.74) is 0. The molecule has 0 N–H and O–H groups in total. The second kappa shape index (κ2) is 20.7. The zero-order chi connectivity index (χ0) is 44.1. The largest absolute Gasteiger partial charge is 0.0654 e. The van der Waals surface area contributed by atoms with Crippen molar-refractivity contribution >= 4 is 0 Å². The Balaban J connectivity index is 0.957. The Labute approximate surface area is 389 Å². The van der Waals surface area contributed by atoms with E-state index in [2.05, 4.69) is 90.0 Å². The Morgan fingerprint density at radius 2 is 0.887 bits per heavy atom. The number of hydrogen-bond donors (Lipinski definition) is 0. The third-order valence-electron chi connectivity index (χ3n) is 25.6. The number of hydrogen-bond acceptors (Lipinski definition) is 0. The number of fused-ring (bicyclic) bond motifs is 7. The normalized spacial score (nSPS) is 52.3. The van der Waals surface area contributed by atoms with Crippen LogP contribution in [0.25, 0.3) is 0 Å². The summed E-state index contributed by atoms with van der Waals surface area (Å²) in [6.45, 7) is 34.0. The summed E-state index contributed by atoms with van der Waals surface area (Å²) >= 11 is 0. The van der Waals surface area contributed by atoms with Gasteiger partial charge in [-0.05, 0) is 263 Å². The van der Waals surface area contributed by atoms with Gasteiger partial charge in [0.05, 0.1) is 0 Å². The molecule has 0 heterocycles. The molecule has 0 aromatic heterocycles. The van der Waals surface area contributed by atoms with E-state index in [1.165, 1.54) is 32.1 Å². The Bertz CT molecular complexity index is 1370. The van der Waals surface area contributed by atoms with E-state index < -0.39 is 0 Å². The first-order valence-electron chi connectivity index (χ1n) is 29.8. The van der Waals surface area contributed by atoms with Gasteiger partial charge in [-0.1, -0.05) is 129 Å². The summed E-state index contributed by atoms with van der Waals surface area (Å²) in [5, 5.41) is 0. The minimum Gasteiger partial charge on any atom is -0.0654 e. The second-order valence-electron chi connectivity index (χ2n) is 27.3. The van der Waals surface area contributed by atoms with Crippen molar-refractivity contribution in [2.45, 2.75) is 231 Å². The average molecular weight is 856 g/mol. The lowest BCUT2D eigenvalue weighted by Crippen LogP contribution is -2.52. The van der Waals surface area contributed by atoms with E-state index in [1.54, 1.807) is 109 Å². The molecule has 8 aliphatic carbocycles. The minimum atomic E-state index is 0.847. The zero-order valence-electron chi connectivity index (χ0n) is 44.1. The number of unbranched alkanes of at least 4 members (excludes halogenated alkanes) is 1. The predicted octanol–water partition coefficient (Wildman–Crippen LogP) is 18.6. The maximum Gasteiger partial charge on any atom is -0.0349 e. The first-order valence-corrected chi connectivity index (χ1v) is 29.8. The molecule has 0 radical (unpaired) electrons. The molecule has 0 saturated heterocycles. The third kappa shape index (κ3) is 9.16. The van der Waals surface area contributed by atoms with Gasteiger partial charge in [0.15, 0.2) is 0 Å². The molecule has 62 heavy (non-hydrogen) atoms. The molecule has 0 aromatic rings. The summed E-state index contributed by atoms with van der Waals surface area (Å²) in [6, 6.07) is 0. The van der Waals surface area contributed by atoms with E-state index in [4.69, 9.17) is 0 Å². The molecule has 8 fully saturated rings. The van der Waals surface area contributed by atoms with Crippen molar-refractivity contribution in [3.8, 4) is 0 Å². The molecule has 0 spiro atoms. The molecule has 0 nitrogen and oxygen atoms in total. The molecule has 26 atom stereocenters. The summed E-state index contributed by atoms with van der Waals surface area (Å²) < 4.78 is 0. The van der Waals surface area contributed by atoms with Gasteiger partial charge in [0, 0.05) is 0 Å². The molecule has 8 aliphatic rings. The quantitative estimate of drug-likeness (QED) is 0.173. The minimum absolute atomic E-state index is 0.847. The highest BCUT2D eigenvalue weighted by atomic mass is 14.6. The van der Waals surface area contributed by atoms with Crippen LogP contribution in [0.1, 0.15) is 231 Å². The van der Waals surface area contributed by atoms with Gasteiger partial charge in [-0.25, -0.2) is 0 Å². The fraction of sp³-hybridized carbons (Fsp3) is 1.00.